The second kappa shape index (κ2) is 4.99. The van der Waals surface area contributed by atoms with E-state index in [0.717, 1.165) is 10.7 Å². The van der Waals surface area contributed by atoms with Gasteiger partial charge in [-0.05, 0) is 25.1 Å². The number of alkyl halides is 3. The number of rotatable bonds is 2. The molecule has 0 saturated heterocycles. The molecule has 0 aliphatic rings. The topological polar surface area (TPSA) is 44.1 Å². The molecule has 0 radical (unpaired) electrons. The van der Waals surface area contributed by atoms with Gasteiger partial charge in [-0.1, -0.05) is 12.1 Å². The summed E-state index contributed by atoms with van der Waals surface area (Å²) in [4.78, 5) is 11.6. The van der Waals surface area contributed by atoms with Gasteiger partial charge >= 0.3 is 12.1 Å². The number of para-hydroxylation sites is 1. The number of aryl methyl sites for hydroxylation is 1. The molecule has 0 fully saturated rings. The molecule has 106 valence electrons. The van der Waals surface area contributed by atoms with E-state index in [9.17, 15) is 18.0 Å². The quantitative estimate of drug-likeness (QED) is 0.796. The van der Waals surface area contributed by atoms with Gasteiger partial charge in [0.25, 0.3) is 0 Å². The number of nitrogens with zero attached hydrogens (tertiary/aromatic N) is 2. The first-order chi connectivity index (χ1) is 9.34. The van der Waals surface area contributed by atoms with Gasteiger partial charge in [0, 0.05) is 5.69 Å². The number of hydrogen-bond donors (Lipinski definition) is 0. The zero-order valence-corrected chi connectivity index (χ0v) is 10.7. The predicted octanol–water partition coefficient (Wildman–Crippen LogP) is 2.99. The normalized spacial score (nSPS) is 11.4. The average molecular weight is 284 g/mol. The fraction of sp³-hybridized carbons (Fsp3) is 0.231. The third-order valence-electron chi connectivity index (χ3n) is 2.72. The number of halogens is 3. The Morgan fingerprint density at radius 3 is 2.50 bits per heavy atom. The van der Waals surface area contributed by atoms with E-state index in [1.807, 2.05) is 0 Å². The number of ether oxygens (including phenoxy) is 1. The van der Waals surface area contributed by atoms with Crippen LogP contribution in [0.5, 0.6) is 0 Å². The first kappa shape index (κ1) is 14.1. The van der Waals surface area contributed by atoms with Gasteiger partial charge in [0.15, 0.2) is 5.69 Å². The summed E-state index contributed by atoms with van der Waals surface area (Å²) in [6, 6.07) is 7.10. The van der Waals surface area contributed by atoms with E-state index in [2.05, 4.69) is 9.84 Å². The number of carbonyl (C=O) groups excluding carboxylic acids is 1. The van der Waals surface area contributed by atoms with Crippen LogP contribution in [0.2, 0.25) is 0 Å². The number of methoxy groups -OCH3 is 1. The zero-order chi connectivity index (χ0) is 14.9. The highest BCUT2D eigenvalue weighted by molar-refractivity contribution is 5.93. The number of hydrogen-bond acceptors (Lipinski definition) is 3. The monoisotopic (exact) mass is 284 g/mol. The van der Waals surface area contributed by atoms with Gasteiger partial charge in [-0.2, -0.15) is 18.3 Å². The van der Waals surface area contributed by atoms with Gasteiger partial charge in [-0.3, -0.25) is 0 Å². The van der Waals surface area contributed by atoms with Crippen LogP contribution >= 0.6 is 0 Å². The van der Waals surface area contributed by atoms with Crippen LogP contribution in [0.3, 0.4) is 0 Å². The molecule has 0 aliphatic carbocycles. The van der Waals surface area contributed by atoms with Crippen LogP contribution in [0.15, 0.2) is 30.3 Å². The minimum Gasteiger partial charge on any atom is -0.465 e. The second-order valence-electron chi connectivity index (χ2n) is 4.09. The fourth-order valence-corrected chi connectivity index (χ4v) is 1.80. The van der Waals surface area contributed by atoms with Crippen LogP contribution in [-0.4, -0.2) is 22.9 Å². The molecule has 2 aromatic rings. The third kappa shape index (κ3) is 2.52. The van der Waals surface area contributed by atoms with E-state index >= 15 is 0 Å². The number of aromatic nitrogens is 2. The summed E-state index contributed by atoms with van der Waals surface area (Å²) in [6.45, 7) is 1.48. The molecule has 1 aromatic heterocycles. The van der Waals surface area contributed by atoms with Crippen LogP contribution in [0.25, 0.3) is 5.69 Å². The molecule has 20 heavy (non-hydrogen) atoms. The molecule has 0 amide bonds. The van der Waals surface area contributed by atoms with Gasteiger partial charge in [-0.15, -0.1) is 0 Å². The Morgan fingerprint density at radius 1 is 1.30 bits per heavy atom. The molecule has 0 spiro atoms. The van der Waals surface area contributed by atoms with Crippen molar-refractivity contribution in [3.8, 4) is 5.69 Å². The summed E-state index contributed by atoms with van der Waals surface area (Å²) in [5.74, 6) is -0.635. The molecule has 0 unspecified atom stereocenters. The maximum Gasteiger partial charge on any atom is 0.435 e. The van der Waals surface area contributed by atoms with Crippen molar-refractivity contribution in [2.24, 2.45) is 0 Å². The molecule has 4 nitrogen and oxygen atoms in total. The van der Waals surface area contributed by atoms with Crippen LogP contribution in [0, 0.1) is 6.92 Å². The Balaban J connectivity index is 2.58. The molecule has 7 heteroatoms. The van der Waals surface area contributed by atoms with Crippen molar-refractivity contribution >= 4 is 5.97 Å². The molecule has 0 saturated carbocycles. The van der Waals surface area contributed by atoms with Gasteiger partial charge in [0.2, 0.25) is 0 Å². The van der Waals surface area contributed by atoms with Crippen LogP contribution in [0.4, 0.5) is 13.2 Å². The molecular formula is C13H11F3N2O2. The van der Waals surface area contributed by atoms with Crippen LogP contribution < -0.4 is 0 Å². The Kier molecular flexibility index (Phi) is 3.52. The Morgan fingerprint density at radius 2 is 1.95 bits per heavy atom. The highest BCUT2D eigenvalue weighted by atomic mass is 19.4. The summed E-state index contributed by atoms with van der Waals surface area (Å²) in [5, 5.41) is 3.51. The van der Waals surface area contributed by atoms with Crippen molar-refractivity contribution in [3.63, 3.8) is 0 Å². The predicted molar refractivity (Wildman–Crippen MR) is 64.6 cm³/mol. The van der Waals surface area contributed by atoms with Crippen molar-refractivity contribution < 1.29 is 22.7 Å². The lowest BCUT2D eigenvalue weighted by molar-refractivity contribution is -0.141. The Hall–Kier alpha value is -2.31. The highest BCUT2D eigenvalue weighted by Gasteiger charge is 2.34. The van der Waals surface area contributed by atoms with E-state index in [1.165, 1.54) is 26.2 Å². The van der Waals surface area contributed by atoms with Crippen molar-refractivity contribution in [1.29, 1.82) is 0 Å². The lowest BCUT2D eigenvalue weighted by Gasteiger charge is -2.09. The van der Waals surface area contributed by atoms with Crippen molar-refractivity contribution in [1.82, 2.24) is 9.78 Å². The standard InChI is InChI=1S/C13H11F3N2O2/c1-8-7-11(13(14,15)16)17-18(8)10-6-4-3-5-9(10)12(19)20-2/h3-7H,1-2H3. The first-order valence-electron chi connectivity index (χ1n) is 5.66. The summed E-state index contributed by atoms with van der Waals surface area (Å²) in [5.41, 5.74) is -0.342. The van der Waals surface area contributed by atoms with Gasteiger partial charge in [0.1, 0.15) is 0 Å². The van der Waals surface area contributed by atoms with E-state index < -0.39 is 17.8 Å². The molecule has 0 N–H and O–H groups in total. The average Bonchev–Trinajstić information content (AvgIpc) is 2.80. The van der Waals surface area contributed by atoms with E-state index in [1.54, 1.807) is 12.1 Å². The molecule has 2 rings (SSSR count). The van der Waals surface area contributed by atoms with E-state index in [0.29, 0.717) is 0 Å². The van der Waals surface area contributed by atoms with Crippen molar-refractivity contribution in [2.75, 3.05) is 7.11 Å². The molecule has 1 heterocycles. The molecule has 0 aliphatic heterocycles. The Bertz CT molecular complexity index is 647. The minimum absolute atomic E-state index is 0.148. The fourth-order valence-electron chi connectivity index (χ4n) is 1.80. The van der Waals surface area contributed by atoms with Gasteiger partial charge in [-0.25, -0.2) is 9.48 Å². The first-order valence-corrected chi connectivity index (χ1v) is 5.66. The summed E-state index contributed by atoms with van der Waals surface area (Å²) in [6.07, 6.45) is -4.53. The van der Waals surface area contributed by atoms with Crippen molar-refractivity contribution in [3.05, 3.63) is 47.3 Å². The lowest BCUT2D eigenvalue weighted by Crippen LogP contribution is -2.11. The zero-order valence-electron chi connectivity index (χ0n) is 10.7. The van der Waals surface area contributed by atoms with Gasteiger partial charge in [0.05, 0.1) is 18.4 Å². The third-order valence-corrected chi connectivity index (χ3v) is 2.72. The second-order valence-corrected chi connectivity index (χ2v) is 4.09. The maximum atomic E-state index is 12.7. The van der Waals surface area contributed by atoms with Crippen molar-refractivity contribution in [2.45, 2.75) is 13.1 Å². The van der Waals surface area contributed by atoms with Crippen LogP contribution in [0.1, 0.15) is 21.7 Å². The molecule has 1 aromatic carbocycles. The Labute approximate surface area is 112 Å². The number of benzene rings is 1. The van der Waals surface area contributed by atoms with Crippen LogP contribution in [-0.2, 0) is 10.9 Å². The van der Waals surface area contributed by atoms with E-state index in [4.69, 9.17) is 0 Å². The molecule has 0 bridgehead atoms. The summed E-state index contributed by atoms with van der Waals surface area (Å²) < 4.78 is 43.7. The number of carbonyl (C=O) groups is 1. The largest absolute Gasteiger partial charge is 0.465 e. The van der Waals surface area contributed by atoms with E-state index in [-0.39, 0.29) is 16.9 Å². The van der Waals surface area contributed by atoms with Gasteiger partial charge < -0.3 is 4.74 Å². The molecule has 0 atom stereocenters. The summed E-state index contributed by atoms with van der Waals surface area (Å²) in [7, 11) is 1.20. The maximum absolute atomic E-state index is 12.7. The minimum atomic E-state index is -4.53. The highest BCUT2D eigenvalue weighted by Crippen LogP contribution is 2.29. The summed E-state index contributed by atoms with van der Waals surface area (Å²) >= 11 is 0. The SMILES string of the molecule is COC(=O)c1ccccc1-n1nc(C(F)(F)F)cc1C. The smallest absolute Gasteiger partial charge is 0.435 e. The lowest BCUT2D eigenvalue weighted by atomic mass is 10.2. The number of esters is 1. The molecular weight excluding hydrogens is 273 g/mol.